The van der Waals surface area contributed by atoms with Crippen molar-refractivity contribution in [2.75, 3.05) is 14.2 Å². The number of amides is 2. The highest BCUT2D eigenvalue weighted by Gasteiger charge is 2.25. The molecule has 1 aromatic rings. The van der Waals surface area contributed by atoms with Crippen molar-refractivity contribution < 1.29 is 19.1 Å². The third-order valence-corrected chi connectivity index (χ3v) is 3.51. The Labute approximate surface area is 115 Å². The molecule has 0 bridgehead atoms. The van der Waals surface area contributed by atoms with Gasteiger partial charge in [0.15, 0.2) is 11.5 Å². The summed E-state index contributed by atoms with van der Waals surface area (Å²) in [7, 11) is 3.11. The average molecular weight is 279 g/mol. The van der Waals surface area contributed by atoms with Crippen LogP contribution in [-0.4, -0.2) is 25.4 Å². The summed E-state index contributed by atoms with van der Waals surface area (Å²) in [5.74, 6) is 0.834. The lowest BCUT2D eigenvalue weighted by molar-refractivity contribution is -0.115. The van der Waals surface area contributed by atoms with Gasteiger partial charge < -0.3 is 9.47 Å². The third-order valence-electron chi connectivity index (χ3n) is 2.70. The van der Waals surface area contributed by atoms with Crippen LogP contribution in [0.4, 0.5) is 4.79 Å². The van der Waals surface area contributed by atoms with Gasteiger partial charge in [-0.2, -0.15) is 0 Å². The number of rotatable bonds is 3. The molecule has 0 saturated carbocycles. The van der Waals surface area contributed by atoms with Crippen molar-refractivity contribution >= 4 is 29.0 Å². The topological polar surface area (TPSA) is 64.6 Å². The molecule has 0 radical (unpaired) electrons. The van der Waals surface area contributed by atoms with Crippen LogP contribution in [0.25, 0.3) is 6.08 Å². The number of imide groups is 1. The Morgan fingerprint density at radius 2 is 1.79 bits per heavy atom. The maximum atomic E-state index is 11.5. The van der Waals surface area contributed by atoms with Crippen molar-refractivity contribution in [3.63, 3.8) is 0 Å². The van der Waals surface area contributed by atoms with Crippen LogP contribution in [0.5, 0.6) is 11.5 Å². The molecule has 100 valence electrons. The molecule has 1 aromatic carbocycles. The zero-order valence-electron chi connectivity index (χ0n) is 10.8. The molecule has 1 N–H and O–H groups in total. The van der Waals surface area contributed by atoms with Crippen LogP contribution in [0.2, 0.25) is 0 Å². The first-order valence-corrected chi connectivity index (χ1v) is 6.34. The Kier molecular flexibility index (Phi) is 3.80. The van der Waals surface area contributed by atoms with E-state index in [1.807, 2.05) is 13.0 Å². The summed E-state index contributed by atoms with van der Waals surface area (Å²) in [5.41, 5.74) is 1.74. The molecular weight excluding hydrogens is 266 g/mol. The van der Waals surface area contributed by atoms with E-state index in [2.05, 4.69) is 5.32 Å². The van der Waals surface area contributed by atoms with Crippen molar-refractivity contribution in [3.8, 4) is 11.5 Å². The minimum atomic E-state index is -0.371. The van der Waals surface area contributed by atoms with E-state index in [4.69, 9.17) is 9.47 Å². The number of hydrogen-bond donors (Lipinski definition) is 1. The lowest BCUT2D eigenvalue weighted by atomic mass is 10.1. The number of aryl methyl sites for hydroxylation is 1. The Hall–Kier alpha value is -1.95. The van der Waals surface area contributed by atoms with E-state index >= 15 is 0 Å². The number of methoxy groups -OCH3 is 2. The fraction of sp³-hybridized carbons (Fsp3) is 0.231. The number of hydrogen-bond acceptors (Lipinski definition) is 5. The normalized spacial score (nSPS) is 16.7. The van der Waals surface area contributed by atoms with E-state index in [1.54, 1.807) is 26.4 Å². The monoisotopic (exact) mass is 279 g/mol. The molecule has 19 heavy (non-hydrogen) atoms. The first-order chi connectivity index (χ1) is 9.05. The van der Waals surface area contributed by atoms with Crippen LogP contribution in [0, 0.1) is 6.92 Å². The van der Waals surface area contributed by atoms with Gasteiger partial charge in [0.25, 0.3) is 11.1 Å². The van der Waals surface area contributed by atoms with Crippen molar-refractivity contribution in [2.24, 2.45) is 0 Å². The fourth-order valence-corrected chi connectivity index (χ4v) is 2.39. The number of ether oxygens (including phenoxy) is 2. The number of carbonyl (C=O) groups excluding carboxylic acids is 2. The second-order valence-corrected chi connectivity index (χ2v) is 4.93. The number of nitrogens with one attached hydrogen (secondary N) is 1. The quantitative estimate of drug-likeness (QED) is 0.860. The summed E-state index contributed by atoms with van der Waals surface area (Å²) < 4.78 is 10.4. The highest BCUT2D eigenvalue weighted by Crippen LogP contribution is 2.33. The highest BCUT2D eigenvalue weighted by atomic mass is 32.2. The predicted octanol–water partition coefficient (Wildman–Crippen LogP) is 2.34. The molecule has 0 unspecified atom stereocenters. The summed E-state index contributed by atoms with van der Waals surface area (Å²) in [4.78, 5) is 23.0. The largest absolute Gasteiger partial charge is 0.493 e. The summed E-state index contributed by atoms with van der Waals surface area (Å²) in [6.07, 6.45) is 1.67. The second-order valence-electron chi connectivity index (χ2n) is 3.92. The van der Waals surface area contributed by atoms with Crippen molar-refractivity contribution in [1.29, 1.82) is 0 Å². The fourth-order valence-electron chi connectivity index (χ4n) is 1.71. The minimum absolute atomic E-state index is 0.352. The molecule has 5 nitrogen and oxygen atoms in total. The second kappa shape index (κ2) is 5.36. The Morgan fingerprint density at radius 1 is 1.16 bits per heavy atom. The van der Waals surface area contributed by atoms with Gasteiger partial charge in [0, 0.05) is 0 Å². The summed E-state index contributed by atoms with van der Waals surface area (Å²) in [5, 5.41) is 1.87. The van der Waals surface area contributed by atoms with Gasteiger partial charge in [0.1, 0.15) is 0 Å². The zero-order chi connectivity index (χ0) is 14.0. The molecule has 1 heterocycles. The summed E-state index contributed by atoms with van der Waals surface area (Å²) in [6.45, 7) is 1.90. The van der Waals surface area contributed by atoms with Gasteiger partial charge in [0.2, 0.25) is 0 Å². The standard InChI is InChI=1S/C13H13NO4S/c1-7-4-9(17-2)10(18-3)5-8(7)6-11-12(15)14-13(16)19-11/h4-6H,1-3H3,(H,14,15,16). The van der Waals surface area contributed by atoms with E-state index < -0.39 is 0 Å². The van der Waals surface area contributed by atoms with Gasteiger partial charge in [-0.05, 0) is 48.0 Å². The molecule has 1 saturated heterocycles. The number of carbonyl (C=O) groups is 2. The van der Waals surface area contributed by atoms with E-state index in [0.29, 0.717) is 16.4 Å². The first kappa shape index (κ1) is 13.5. The molecule has 0 spiro atoms. The third kappa shape index (κ3) is 2.73. The predicted molar refractivity (Wildman–Crippen MR) is 73.4 cm³/mol. The number of benzene rings is 1. The van der Waals surface area contributed by atoms with Gasteiger partial charge in [-0.25, -0.2) is 0 Å². The SMILES string of the molecule is COc1cc(C)c(C=C2SC(=O)NC2=O)cc1OC. The summed E-state index contributed by atoms with van der Waals surface area (Å²) in [6, 6.07) is 3.60. The zero-order valence-corrected chi connectivity index (χ0v) is 11.6. The Bertz CT molecular complexity index is 580. The van der Waals surface area contributed by atoms with E-state index in [1.165, 1.54) is 0 Å². The Morgan fingerprint density at radius 3 is 2.32 bits per heavy atom. The van der Waals surface area contributed by atoms with Crippen molar-refractivity contribution in [3.05, 3.63) is 28.2 Å². The van der Waals surface area contributed by atoms with Crippen molar-refractivity contribution in [2.45, 2.75) is 6.92 Å². The maximum Gasteiger partial charge on any atom is 0.290 e. The molecule has 0 atom stereocenters. The van der Waals surface area contributed by atoms with Gasteiger partial charge in [-0.15, -0.1) is 0 Å². The lowest BCUT2D eigenvalue weighted by Crippen LogP contribution is -2.17. The van der Waals surface area contributed by atoms with Crippen LogP contribution in [0.3, 0.4) is 0 Å². The highest BCUT2D eigenvalue weighted by molar-refractivity contribution is 8.18. The van der Waals surface area contributed by atoms with Gasteiger partial charge in [-0.1, -0.05) is 0 Å². The number of thioether (sulfide) groups is 1. The maximum absolute atomic E-state index is 11.5. The molecule has 1 aliphatic heterocycles. The van der Waals surface area contributed by atoms with Gasteiger partial charge in [0.05, 0.1) is 19.1 Å². The van der Waals surface area contributed by atoms with Crippen LogP contribution < -0.4 is 14.8 Å². The summed E-state index contributed by atoms with van der Waals surface area (Å²) >= 11 is 0.890. The molecule has 2 amide bonds. The minimum Gasteiger partial charge on any atom is -0.493 e. The lowest BCUT2D eigenvalue weighted by Gasteiger charge is -2.10. The molecule has 2 rings (SSSR count). The molecule has 0 aliphatic carbocycles. The first-order valence-electron chi connectivity index (χ1n) is 5.52. The molecular formula is C13H13NO4S. The molecule has 6 heteroatoms. The average Bonchev–Trinajstić information content (AvgIpc) is 2.69. The molecule has 0 aromatic heterocycles. The van der Waals surface area contributed by atoms with Crippen LogP contribution >= 0.6 is 11.8 Å². The van der Waals surface area contributed by atoms with Crippen LogP contribution in [0.1, 0.15) is 11.1 Å². The van der Waals surface area contributed by atoms with Gasteiger partial charge >= 0.3 is 0 Å². The van der Waals surface area contributed by atoms with E-state index in [-0.39, 0.29) is 11.1 Å². The smallest absolute Gasteiger partial charge is 0.290 e. The van der Waals surface area contributed by atoms with Crippen LogP contribution in [0.15, 0.2) is 17.0 Å². The van der Waals surface area contributed by atoms with E-state index in [0.717, 1.165) is 22.9 Å². The molecule has 1 aliphatic rings. The van der Waals surface area contributed by atoms with Gasteiger partial charge in [-0.3, -0.25) is 14.9 Å². The molecule has 1 fully saturated rings. The Balaban J connectivity index is 2.43. The van der Waals surface area contributed by atoms with E-state index in [9.17, 15) is 9.59 Å². The van der Waals surface area contributed by atoms with Crippen molar-refractivity contribution in [1.82, 2.24) is 5.32 Å². The van der Waals surface area contributed by atoms with Crippen LogP contribution in [-0.2, 0) is 4.79 Å².